The summed E-state index contributed by atoms with van der Waals surface area (Å²) in [5.41, 5.74) is 0.500. The van der Waals surface area contributed by atoms with Gasteiger partial charge in [-0.15, -0.1) is 18.0 Å². The highest BCUT2D eigenvalue weighted by Crippen LogP contribution is 2.00. The van der Waals surface area contributed by atoms with Gasteiger partial charge in [-0.2, -0.15) is 5.10 Å². The van der Waals surface area contributed by atoms with Crippen LogP contribution in [0.3, 0.4) is 0 Å². The molecule has 1 aromatic heterocycles. The minimum atomic E-state index is -0.139. The van der Waals surface area contributed by atoms with Gasteiger partial charge in [-0.3, -0.25) is 9.48 Å². The largest absolute Gasteiger partial charge is 0.293 e. The summed E-state index contributed by atoms with van der Waals surface area (Å²) in [4.78, 5) is 11.0. The first kappa shape index (κ1) is 8.82. The quantitative estimate of drug-likeness (QED) is 0.396. The minimum absolute atomic E-state index is 0.0260. The van der Waals surface area contributed by atoms with Crippen molar-refractivity contribution in [1.82, 2.24) is 9.78 Å². The van der Waals surface area contributed by atoms with Crippen molar-refractivity contribution in [3.63, 3.8) is 0 Å². The number of Topliss-reactive ketones (excluding diaryl/α,β-unsaturated/α-hetero) is 1. The summed E-state index contributed by atoms with van der Waals surface area (Å²) in [5.74, 6) is 2.25. The number of halogens is 1. The van der Waals surface area contributed by atoms with Crippen LogP contribution in [0.2, 0.25) is 0 Å². The highest BCUT2D eigenvalue weighted by molar-refractivity contribution is 6.30. The third kappa shape index (κ3) is 1.86. The fourth-order valence-electron chi connectivity index (χ4n) is 0.765. The number of carbonyl (C=O) groups is 1. The predicted molar refractivity (Wildman–Crippen MR) is 46.1 cm³/mol. The second kappa shape index (κ2) is 3.93. The van der Waals surface area contributed by atoms with Crippen molar-refractivity contribution in [3.05, 3.63) is 18.0 Å². The van der Waals surface area contributed by atoms with Gasteiger partial charge in [0, 0.05) is 6.20 Å². The average molecular weight is 183 g/mol. The molecule has 1 aromatic rings. The molecular weight excluding hydrogens is 176 g/mol. The van der Waals surface area contributed by atoms with Crippen LogP contribution >= 0.6 is 11.6 Å². The molecule has 0 aliphatic rings. The van der Waals surface area contributed by atoms with Gasteiger partial charge in [-0.05, 0) is 0 Å². The maximum atomic E-state index is 11.0. The van der Waals surface area contributed by atoms with Crippen LogP contribution in [-0.4, -0.2) is 21.4 Å². The normalized spacial score (nSPS) is 9.33. The number of nitrogens with zero attached hydrogens (tertiary/aromatic N) is 2. The molecule has 62 valence electrons. The van der Waals surface area contributed by atoms with Gasteiger partial charge in [0.05, 0.1) is 17.6 Å². The van der Waals surface area contributed by atoms with Crippen LogP contribution in [0, 0.1) is 12.3 Å². The highest BCUT2D eigenvalue weighted by Gasteiger charge is 2.05. The Labute approximate surface area is 75.3 Å². The lowest BCUT2D eigenvalue weighted by Gasteiger charge is -1.90. The summed E-state index contributed by atoms with van der Waals surface area (Å²) in [6.45, 7) is 0.371. The maximum Gasteiger partial charge on any atom is 0.180 e. The molecule has 0 amide bonds. The number of ketones is 1. The van der Waals surface area contributed by atoms with Crippen molar-refractivity contribution in [2.45, 2.75) is 6.54 Å². The lowest BCUT2D eigenvalue weighted by Crippen LogP contribution is -1.98. The third-order valence-electron chi connectivity index (χ3n) is 1.33. The van der Waals surface area contributed by atoms with Crippen LogP contribution in [0.15, 0.2) is 12.4 Å². The van der Waals surface area contributed by atoms with E-state index in [4.69, 9.17) is 18.0 Å². The van der Waals surface area contributed by atoms with Crippen molar-refractivity contribution in [1.29, 1.82) is 0 Å². The van der Waals surface area contributed by atoms with E-state index in [1.807, 2.05) is 0 Å². The van der Waals surface area contributed by atoms with Crippen LogP contribution in [-0.2, 0) is 6.54 Å². The number of terminal acetylenes is 1. The van der Waals surface area contributed by atoms with E-state index in [2.05, 4.69) is 11.0 Å². The molecule has 0 bridgehead atoms. The Morgan fingerprint density at radius 3 is 3.17 bits per heavy atom. The molecule has 0 N–H and O–H groups in total. The molecule has 0 radical (unpaired) electrons. The Kier molecular flexibility index (Phi) is 2.89. The number of hydrogen-bond donors (Lipinski definition) is 0. The summed E-state index contributed by atoms with van der Waals surface area (Å²) < 4.78 is 1.51. The first-order chi connectivity index (χ1) is 5.77. The molecule has 0 spiro atoms. The Morgan fingerprint density at radius 2 is 2.58 bits per heavy atom. The minimum Gasteiger partial charge on any atom is -0.293 e. The van der Waals surface area contributed by atoms with Crippen molar-refractivity contribution < 1.29 is 4.79 Å². The van der Waals surface area contributed by atoms with Gasteiger partial charge in [0.2, 0.25) is 0 Å². The van der Waals surface area contributed by atoms with Crippen LogP contribution < -0.4 is 0 Å². The Balaban J connectivity index is 2.78. The number of alkyl halides is 1. The molecule has 0 aromatic carbocycles. The van der Waals surface area contributed by atoms with E-state index < -0.39 is 0 Å². The van der Waals surface area contributed by atoms with Gasteiger partial charge in [0.25, 0.3) is 0 Å². The standard InChI is InChI=1S/C8H7ClN2O/c1-2-3-11-6-7(5-10-11)8(12)4-9/h1,5-6H,3-4H2. The second-order valence-corrected chi connectivity index (χ2v) is 2.45. The molecule has 0 unspecified atom stereocenters. The average Bonchev–Trinajstić information content (AvgIpc) is 2.52. The monoisotopic (exact) mass is 182 g/mol. The van der Waals surface area contributed by atoms with Crippen molar-refractivity contribution >= 4 is 17.4 Å². The van der Waals surface area contributed by atoms with Gasteiger partial charge in [0.1, 0.15) is 6.54 Å². The van der Waals surface area contributed by atoms with Crippen molar-refractivity contribution in [2.75, 3.05) is 5.88 Å². The SMILES string of the molecule is C#CCn1cc(C(=O)CCl)cn1. The topological polar surface area (TPSA) is 34.9 Å². The molecule has 1 rings (SSSR count). The Morgan fingerprint density at radius 1 is 1.83 bits per heavy atom. The number of hydrogen-bond acceptors (Lipinski definition) is 2. The van der Waals surface area contributed by atoms with Crippen LogP contribution in [0.25, 0.3) is 0 Å². The molecule has 0 atom stereocenters. The van der Waals surface area contributed by atoms with E-state index >= 15 is 0 Å². The zero-order valence-corrected chi connectivity index (χ0v) is 7.08. The summed E-state index contributed by atoms with van der Waals surface area (Å²) in [6.07, 6.45) is 8.10. The summed E-state index contributed by atoms with van der Waals surface area (Å²) in [5, 5.41) is 3.87. The highest BCUT2D eigenvalue weighted by atomic mass is 35.5. The zero-order chi connectivity index (χ0) is 8.97. The molecule has 0 fully saturated rings. The van der Waals surface area contributed by atoms with E-state index in [-0.39, 0.29) is 11.7 Å². The number of aromatic nitrogens is 2. The molecule has 0 saturated carbocycles. The molecule has 4 heteroatoms. The van der Waals surface area contributed by atoms with Gasteiger partial charge in [-0.1, -0.05) is 5.92 Å². The molecule has 0 aliphatic carbocycles. The molecule has 12 heavy (non-hydrogen) atoms. The van der Waals surface area contributed by atoms with Crippen LogP contribution in [0.5, 0.6) is 0 Å². The summed E-state index contributed by atoms with van der Waals surface area (Å²) in [7, 11) is 0. The molecular formula is C8H7ClN2O. The maximum absolute atomic E-state index is 11.0. The Hall–Kier alpha value is -1.27. The molecule has 0 aliphatic heterocycles. The lowest BCUT2D eigenvalue weighted by molar-refractivity contribution is 0.102. The smallest absolute Gasteiger partial charge is 0.180 e. The molecule has 1 heterocycles. The van der Waals surface area contributed by atoms with Crippen molar-refractivity contribution in [3.8, 4) is 12.3 Å². The van der Waals surface area contributed by atoms with Gasteiger partial charge in [0.15, 0.2) is 5.78 Å². The third-order valence-corrected chi connectivity index (χ3v) is 1.57. The van der Waals surface area contributed by atoms with E-state index in [0.717, 1.165) is 0 Å². The van der Waals surface area contributed by atoms with E-state index in [1.165, 1.54) is 10.9 Å². The van der Waals surface area contributed by atoms with Gasteiger partial charge < -0.3 is 0 Å². The summed E-state index contributed by atoms with van der Waals surface area (Å²) in [6, 6.07) is 0. The second-order valence-electron chi connectivity index (χ2n) is 2.19. The van der Waals surface area contributed by atoms with E-state index in [0.29, 0.717) is 12.1 Å². The summed E-state index contributed by atoms with van der Waals surface area (Å²) >= 11 is 5.35. The van der Waals surface area contributed by atoms with Gasteiger partial charge >= 0.3 is 0 Å². The molecule has 3 nitrogen and oxygen atoms in total. The molecule has 0 saturated heterocycles. The number of rotatable bonds is 3. The zero-order valence-electron chi connectivity index (χ0n) is 6.33. The first-order valence-electron chi connectivity index (χ1n) is 3.33. The van der Waals surface area contributed by atoms with Gasteiger partial charge in [-0.25, -0.2) is 0 Å². The fraction of sp³-hybridized carbons (Fsp3) is 0.250. The van der Waals surface area contributed by atoms with E-state index in [9.17, 15) is 4.79 Å². The lowest BCUT2D eigenvalue weighted by atomic mass is 10.3. The van der Waals surface area contributed by atoms with Crippen LogP contribution in [0.1, 0.15) is 10.4 Å². The number of carbonyl (C=O) groups excluding carboxylic acids is 1. The first-order valence-corrected chi connectivity index (χ1v) is 3.86. The van der Waals surface area contributed by atoms with Crippen LogP contribution in [0.4, 0.5) is 0 Å². The predicted octanol–water partition coefficient (Wildman–Crippen LogP) is 0.938. The van der Waals surface area contributed by atoms with E-state index in [1.54, 1.807) is 6.20 Å². The van der Waals surface area contributed by atoms with Crippen molar-refractivity contribution in [2.24, 2.45) is 0 Å². The Bertz CT molecular complexity index is 324. The fourth-order valence-corrected chi connectivity index (χ4v) is 0.919.